The van der Waals surface area contributed by atoms with E-state index in [0.29, 0.717) is 37.1 Å². The van der Waals surface area contributed by atoms with Crippen LogP contribution in [0.2, 0.25) is 0 Å². The largest absolute Gasteiger partial charge is 0.480 e. The van der Waals surface area contributed by atoms with Gasteiger partial charge in [-0.2, -0.15) is 0 Å². The number of hydrogen-bond donors (Lipinski definition) is 4. The molecule has 21 heteroatoms. The number of likely N-dealkylation sites (tertiary alicyclic amines) is 1. The van der Waals surface area contributed by atoms with E-state index in [2.05, 4.69) is 20.9 Å². The van der Waals surface area contributed by atoms with E-state index < -0.39 is 84.2 Å². The summed E-state index contributed by atoms with van der Waals surface area (Å²) in [5.74, 6) is -4.60. The summed E-state index contributed by atoms with van der Waals surface area (Å²) in [6.07, 6.45) is 3.23. The number of anilines is 1. The number of benzene rings is 2. The molecule has 434 valence electrons. The van der Waals surface area contributed by atoms with E-state index in [4.69, 9.17) is 18.9 Å². The van der Waals surface area contributed by atoms with Crippen molar-refractivity contribution in [1.82, 2.24) is 30.3 Å². The van der Waals surface area contributed by atoms with Crippen LogP contribution in [-0.2, 0) is 55.9 Å². The second kappa shape index (κ2) is 31.2. The summed E-state index contributed by atoms with van der Waals surface area (Å²) in [6.45, 7) is 13.2. The predicted molar refractivity (Wildman–Crippen MR) is 305 cm³/mol. The van der Waals surface area contributed by atoms with Crippen molar-refractivity contribution in [3.05, 3.63) is 90.1 Å². The lowest BCUT2D eigenvalue weighted by Gasteiger charge is -2.41. The second-order valence-corrected chi connectivity index (χ2v) is 23.8. The highest BCUT2D eigenvalue weighted by Gasteiger charge is 2.44. The Balaban J connectivity index is 1.17. The second-order valence-electron chi connectivity index (χ2n) is 21.3. The van der Waals surface area contributed by atoms with Gasteiger partial charge in [0.2, 0.25) is 23.6 Å². The molecule has 2 heterocycles. The molecule has 11 atom stereocenters. The Labute approximate surface area is 474 Å². The van der Waals surface area contributed by atoms with E-state index >= 15 is 0 Å². The van der Waals surface area contributed by atoms with Gasteiger partial charge in [0.25, 0.3) is 0 Å². The fourth-order valence-electron chi connectivity index (χ4n) is 10.5. The lowest BCUT2D eigenvalue weighted by Crippen LogP contribution is -2.60. The van der Waals surface area contributed by atoms with Crippen molar-refractivity contribution < 1.29 is 57.6 Å². The molecule has 2 aromatic carbocycles. The molecule has 0 bridgehead atoms. The molecule has 1 aliphatic carbocycles. The van der Waals surface area contributed by atoms with Crippen LogP contribution in [0.4, 0.5) is 15.3 Å². The highest BCUT2D eigenvalue weighted by molar-refractivity contribution is 8.76. The van der Waals surface area contributed by atoms with Crippen LogP contribution in [0.1, 0.15) is 105 Å². The van der Waals surface area contributed by atoms with E-state index in [1.54, 1.807) is 114 Å². The summed E-state index contributed by atoms with van der Waals surface area (Å²) in [4.78, 5) is 105. The Morgan fingerprint density at radius 2 is 1.49 bits per heavy atom. The van der Waals surface area contributed by atoms with Gasteiger partial charge < -0.3 is 44.5 Å². The van der Waals surface area contributed by atoms with Gasteiger partial charge >= 0.3 is 18.2 Å². The SMILES string of the molecule is CC[C@H](C)[C@@H]([C@@H](CC(=O)N1CCC[C@H]1[C@H](OC)[C@@H](C)C(=O)N[C@@H](Cc1ccccc1)C(=O)O)OC)N(C)C(=O)[C@@H](NC(=O)[C@H](C(C)C)N(C)C(=O)OCc1ccc(NC(=O)O[C@H]2CCC[C@@H]2SSc2ccccn2)cc1)C(C)C. The number of aromatic nitrogens is 1. The zero-order chi connectivity index (χ0) is 57.9. The first-order valence-corrected chi connectivity index (χ1v) is 29.6. The number of carbonyl (C=O) groups excluding carboxylic acids is 6. The standard InChI is InChI=1S/C58H83N7O12S2/c1-12-37(6)51(45(74-10)33-48(66)65-31-19-22-43(65)52(75-11)38(7)53(67)61-42(56(70)71)32-39-20-14-13-15-21-39)63(8)55(69)49(35(2)3)62-54(68)50(36(4)5)64(9)58(73)76-34-40-26-28-41(29-27-40)60-57(72)77-44-23-18-24-46(44)78-79-47-25-16-17-30-59-47/h13-17,20-21,25-30,35-38,42-46,49-52H,12,18-19,22-24,31-34H2,1-11H3,(H,60,72)(H,61,67)(H,62,68)(H,70,71)/t37-,38+,42-,43-,44-,45+,46-,49-,50-,51-,52+/m0/s1. The molecule has 2 aliphatic rings. The Morgan fingerprint density at radius 3 is 2.10 bits per heavy atom. The lowest BCUT2D eigenvalue weighted by molar-refractivity contribution is -0.148. The quantitative estimate of drug-likeness (QED) is 0.0499. The van der Waals surface area contributed by atoms with Crippen LogP contribution in [0.5, 0.6) is 0 Å². The number of carboxylic acid groups (broad SMARTS) is 1. The number of aliphatic carboxylic acids is 1. The molecule has 0 spiro atoms. The van der Waals surface area contributed by atoms with Crippen molar-refractivity contribution in [2.24, 2.45) is 23.7 Å². The maximum atomic E-state index is 14.7. The fourth-order valence-corrected chi connectivity index (χ4v) is 13.2. The van der Waals surface area contributed by atoms with Gasteiger partial charge in [-0.3, -0.25) is 29.4 Å². The molecule has 0 unspecified atom stereocenters. The van der Waals surface area contributed by atoms with Crippen molar-refractivity contribution in [2.75, 3.05) is 40.2 Å². The third-order valence-corrected chi connectivity index (χ3v) is 17.9. The molecule has 6 amide bonds. The minimum Gasteiger partial charge on any atom is -0.480 e. The van der Waals surface area contributed by atoms with Gasteiger partial charge in [-0.15, -0.1) is 0 Å². The monoisotopic (exact) mass is 1130 g/mol. The molecule has 1 aromatic heterocycles. The normalized spacial score (nSPS) is 19.3. The number of amides is 6. The number of nitrogens with zero attached hydrogens (tertiary/aromatic N) is 4. The highest BCUT2D eigenvalue weighted by atomic mass is 33.1. The summed E-state index contributed by atoms with van der Waals surface area (Å²) in [6, 6.07) is 17.3. The van der Waals surface area contributed by atoms with E-state index in [1.807, 2.05) is 52.0 Å². The Bertz CT molecular complexity index is 2460. The van der Waals surface area contributed by atoms with Gasteiger partial charge in [0, 0.05) is 53.2 Å². The fraction of sp³-hybridized carbons (Fsp3) is 0.586. The first-order valence-electron chi connectivity index (χ1n) is 27.4. The van der Waals surface area contributed by atoms with Crippen LogP contribution in [0, 0.1) is 23.7 Å². The Hall–Kier alpha value is -5.90. The van der Waals surface area contributed by atoms with Gasteiger partial charge in [0.15, 0.2) is 0 Å². The molecule has 1 aliphatic heterocycles. The number of rotatable bonds is 28. The highest BCUT2D eigenvalue weighted by Crippen LogP contribution is 2.42. The minimum absolute atomic E-state index is 0.0971. The van der Waals surface area contributed by atoms with Gasteiger partial charge in [0.05, 0.1) is 41.9 Å². The smallest absolute Gasteiger partial charge is 0.411 e. The van der Waals surface area contributed by atoms with Crippen LogP contribution in [0.15, 0.2) is 84.0 Å². The molecule has 1 saturated carbocycles. The maximum absolute atomic E-state index is 14.7. The Kier molecular flexibility index (Phi) is 25.2. The number of carboxylic acids is 1. The van der Waals surface area contributed by atoms with Gasteiger partial charge in [-0.25, -0.2) is 19.4 Å². The summed E-state index contributed by atoms with van der Waals surface area (Å²) >= 11 is 0. The third-order valence-electron chi connectivity index (χ3n) is 15.1. The van der Waals surface area contributed by atoms with Crippen molar-refractivity contribution in [1.29, 1.82) is 0 Å². The molecule has 19 nitrogen and oxygen atoms in total. The number of likely N-dealkylation sites (N-methyl/N-ethyl adjacent to an activating group) is 2. The summed E-state index contributed by atoms with van der Waals surface area (Å²) in [5, 5.41) is 19.4. The first-order chi connectivity index (χ1) is 37.7. The minimum atomic E-state index is -1.17. The number of carbonyl (C=O) groups is 7. The van der Waals surface area contributed by atoms with Gasteiger partial charge in [0.1, 0.15) is 35.9 Å². The van der Waals surface area contributed by atoms with Crippen LogP contribution < -0.4 is 16.0 Å². The average Bonchev–Trinajstić information content (AvgIpc) is 4.17. The number of ether oxygens (including phenoxy) is 4. The number of hydrogen-bond acceptors (Lipinski definition) is 14. The van der Waals surface area contributed by atoms with Crippen LogP contribution in [0.3, 0.4) is 0 Å². The number of methoxy groups -OCH3 is 2. The summed E-state index contributed by atoms with van der Waals surface area (Å²) in [5.41, 5.74) is 1.92. The molecule has 1 saturated heterocycles. The third kappa shape index (κ3) is 18.1. The topological polar surface area (TPSA) is 235 Å². The molecule has 3 aromatic rings. The van der Waals surface area contributed by atoms with Gasteiger partial charge in [-0.05, 0) is 96.0 Å². The predicted octanol–water partition coefficient (Wildman–Crippen LogP) is 8.46. The molecule has 0 radical (unpaired) electrons. The van der Waals surface area contributed by atoms with Crippen LogP contribution in [0.25, 0.3) is 0 Å². The first kappa shape index (κ1) is 63.9. The molecule has 5 rings (SSSR count). The lowest BCUT2D eigenvalue weighted by atomic mass is 9.89. The summed E-state index contributed by atoms with van der Waals surface area (Å²) < 4.78 is 23.5. The van der Waals surface area contributed by atoms with Crippen molar-refractivity contribution in [2.45, 2.75) is 165 Å². The summed E-state index contributed by atoms with van der Waals surface area (Å²) in [7, 11) is 9.33. The van der Waals surface area contributed by atoms with E-state index in [-0.39, 0.29) is 54.5 Å². The van der Waals surface area contributed by atoms with Crippen LogP contribution in [-0.4, -0.2) is 155 Å². The Morgan fingerprint density at radius 1 is 0.797 bits per heavy atom. The molecular weight excluding hydrogens is 1050 g/mol. The molecule has 4 N–H and O–H groups in total. The van der Waals surface area contributed by atoms with Gasteiger partial charge in [-0.1, -0.05) is 114 Å². The van der Waals surface area contributed by atoms with Crippen LogP contribution >= 0.6 is 21.6 Å². The van der Waals surface area contributed by atoms with Crippen molar-refractivity contribution >= 4 is 69.1 Å². The van der Waals surface area contributed by atoms with Crippen molar-refractivity contribution in [3.63, 3.8) is 0 Å². The average molecular weight is 1130 g/mol. The molecule has 2 fully saturated rings. The zero-order valence-electron chi connectivity index (χ0n) is 47.6. The molecule has 79 heavy (non-hydrogen) atoms. The van der Waals surface area contributed by atoms with E-state index in [0.717, 1.165) is 29.9 Å². The number of nitrogens with one attached hydrogen (secondary N) is 3. The van der Waals surface area contributed by atoms with Crippen molar-refractivity contribution in [3.8, 4) is 0 Å². The van der Waals surface area contributed by atoms with E-state index in [1.165, 1.54) is 26.2 Å². The number of pyridine rings is 1. The molecular formula is C58H83N7O12S2. The zero-order valence-corrected chi connectivity index (χ0v) is 49.3. The maximum Gasteiger partial charge on any atom is 0.411 e. The van der Waals surface area contributed by atoms with E-state index in [9.17, 15) is 38.7 Å².